The van der Waals surface area contributed by atoms with Gasteiger partial charge >= 0.3 is 0 Å². The number of hydrogen-bond acceptors (Lipinski definition) is 6. The Hall–Kier alpha value is -4.33. The predicted molar refractivity (Wildman–Crippen MR) is 121 cm³/mol. The van der Waals surface area contributed by atoms with Crippen molar-refractivity contribution in [3.05, 3.63) is 89.6 Å². The summed E-state index contributed by atoms with van der Waals surface area (Å²) in [6.45, 7) is 3.85. The number of carbonyl (C=O) groups excluding carboxylic acids is 2. The first-order valence-corrected chi connectivity index (χ1v) is 10.5. The highest BCUT2D eigenvalue weighted by Gasteiger charge is 2.46. The standard InChI is InChI=1S/C25H21N3O5/c1-14(2)33-16-11-9-15(10-12-16)21-20(22(29)19-8-5-13-32-19)23(30)24(31)28(21)25-26-17-6-3-4-7-18(17)27-25/h3-14,21,30H,1-2H3,(H,26,27). The Labute approximate surface area is 189 Å². The number of nitrogens with one attached hydrogen (secondary N) is 1. The Morgan fingerprint density at radius 3 is 2.55 bits per heavy atom. The zero-order valence-corrected chi connectivity index (χ0v) is 18.0. The number of para-hydroxylation sites is 2. The van der Waals surface area contributed by atoms with Gasteiger partial charge in [-0.3, -0.25) is 14.5 Å². The van der Waals surface area contributed by atoms with Crippen LogP contribution in [-0.4, -0.2) is 32.9 Å². The van der Waals surface area contributed by atoms with E-state index in [2.05, 4.69) is 9.97 Å². The van der Waals surface area contributed by atoms with E-state index in [9.17, 15) is 14.7 Å². The fourth-order valence-corrected chi connectivity index (χ4v) is 3.97. The van der Waals surface area contributed by atoms with Gasteiger partial charge in [-0.25, -0.2) is 4.98 Å². The Morgan fingerprint density at radius 1 is 1.12 bits per heavy atom. The van der Waals surface area contributed by atoms with Gasteiger partial charge in [0.25, 0.3) is 5.91 Å². The fraction of sp³-hybridized carbons (Fsp3) is 0.160. The summed E-state index contributed by atoms with van der Waals surface area (Å²) >= 11 is 0. The molecule has 5 rings (SSSR count). The fourth-order valence-electron chi connectivity index (χ4n) is 3.97. The molecule has 4 aromatic rings. The minimum atomic E-state index is -0.913. The third kappa shape index (κ3) is 3.55. The molecule has 2 N–H and O–H groups in total. The van der Waals surface area contributed by atoms with E-state index >= 15 is 0 Å². The highest BCUT2D eigenvalue weighted by molar-refractivity contribution is 6.19. The molecular weight excluding hydrogens is 422 g/mol. The summed E-state index contributed by atoms with van der Waals surface area (Å²) in [7, 11) is 0. The van der Waals surface area contributed by atoms with Crippen LogP contribution in [0.5, 0.6) is 5.75 Å². The van der Waals surface area contributed by atoms with Crippen molar-refractivity contribution in [3.8, 4) is 5.75 Å². The van der Waals surface area contributed by atoms with Crippen molar-refractivity contribution in [1.82, 2.24) is 9.97 Å². The van der Waals surface area contributed by atoms with E-state index in [-0.39, 0.29) is 23.4 Å². The number of fused-ring (bicyclic) bond motifs is 1. The lowest BCUT2D eigenvalue weighted by Crippen LogP contribution is -2.32. The van der Waals surface area contributed by atoms with Gasteiger partial charge in [0.2, 0.25) is 11.7 Å². The molecule has 1 unspecified atom stereocenters. The second kappa shape index (κ2) is 7.98. The number of carbonyl (C=O) groups is 2. The summed E-state index contributed by atoms with van der Waals surface area (Å²) < 4.78 is 11.0. The first-order valence-electron chi connectivity index (χ1n) is 10.5. The molecule has 0 aliphatic carbocycles. The van der Waals surface area contributed by atoms with Gasteiger partial charge in [0.15, 0.2) is 11.5 Å². The van der Waals surface area contributed by atoms with Crippen molar-refractivity contribution in [1.29, 1.82) is 0 Å². The molecule has 0 saturated carbocycles. The van der Waals surface area contributed by atoms with Gasteiger partial charge in [-0.15, -0.1) is 0 Å². The highest BCUT2D eigenvalue weighted by Crippen LogP contribution is 2.41. The van der Waals surface area contributed by atoms with Crippen LogP contribution in [0.4, 0.5) is 5.95 Å². The smallest absolute Gasteiger partial charge is 0.296 e. The van der Waals surface area contributed by atoms with Gasteiger partial charge in [0.1, 0.15) is 5.75 Å². The number of rotatable bonds is 6. The second-order valence-corrected chi connectivity index (χ2v) is 7.96. The number of benzene rings is 2. The molecule has 0 spiro atoms. The summed E-state index contributed by atoms with van der Waals surface area (Å²) in [5.41, 5.74) is 1.92. The van der Waals surface area contributed by atoms with Crippen LogP contribution in [-0.2, 0) is 4.79 Å². The maximum Gasteiger partial charge on any atom is 0.296 e. The number of aliphatic hydroxyl groups excluding tert-OH is 1. The summed E-state index contributed by atoms with van der Waals surface area (Å²) in [6, 6.07) is 16.5. The summed E-state index contributed by atoms with van der Waals surface area (Å²) in [4.78, 5) is 35.4. The van der Waals surface area contributed by atoms with Crippen molar-refractivity contribution in [3.63, 3.8) is 0 Å². The van der Waals surface area contributed by atoms with Crippen LogP contribution >= 0.6 is 0 Å². The maximum absolute atomic E-state index is 13.3. The van der Waals surface area contributed by atoms with Gasteiger partial charge in [-0.2, -0.15) is 0 Å². The van der Waals surface area contributed by atoms with Crippen LogP contribution in [0.15, 0.2) is 82.7 Å². The number of ether oxygens (including phenoxy) is 1. The molecule has 1 amide bonds. The van der Waals surface area contributed by atoms with Crippen molar-refractivity contribution >= 4 is 28.7 Å². The molecule has 2 aromatic carbocycles. The number of H-pyrrole nitrogens is 1. The van der Waals surface area contributed by atoms with Crippen LogP contribution in [0.3, 0.4) is 0 Å². The van der Waals surface area contributed by atoms with Crippen LogP contribution in [0.2, 0.25) is 0 Å². The molecule has 0 bridgehead atoms. The first-order chi connectivity index (χ1) is 15.9. The Bertz CT molecular complexity index is 1330. The van der Waals surface area contributed by atoms with Crippen LogP contribution in [0, 0.1) is 0 Å². The lowest BCUT2D eigenvalue weighted by molar-refractivity contribution is -0.117. The Balaban J connectivity index is 1.63. The Kier molecular flexibility index (Phi) is 4.97. The summed E-state index contributed by atoms with van der Waals surface area (Å²) in [6.07, 6.45) is 1.36. The zero-order chi connectivity index (χ0) is 23.1. The molecule has 33 heavy (non-hydrogen) atoms. The minimum absolute atomic E-state index is 0.00372. The number of amides is 1. The minimum Gasteiger partial charge on any atom is -0.503 e. The average Bonchev–Trinajstić information content (AvgIpc) is 3.52. The molecule has 2 aromatic heterocycles. The molecule has 1 aliphatic heterocycles. The molecule has 0 fully saturated rings. The number of furan rings is 1. The van der Waals surface area contributed by atoms with Gasteiger partial charge in [-0.05, 0) is 55.8 Å². The molecule has 8 heteroatoms. The molecular formula is C25H21N3O5. The largest absolute Gasteiger partial charge is 0.503 e. The van der Waals surface area contributed by atoms with E-state index in [0.29, 0.717) is 16.8 Å². The molecule has 3 heterocycles. The van der Waals surface area contributed by atoms with E-state index in [0.717, 1.165) is 5.52 Å². The summed E-state index contributed by atoms with van der Waals surface area (Å²) in [5.74, 6) is -1.03. The molecule has 1 atom stereocenters. The molecule has 8 nitrogen and oxygen atoms in total. The average molecular weight is 443 g/mol. The van der Waals surface area contributed by atoms with Crippen molar-refractivity contribution in [2.75, 3.05) is 4.90 Å². The van der Waals surface area contributed by atoms with Gasteiger partial charge in [0.05, 0.1) is 35.0 Å². The third-order valence-corrected chi connectivity index (χ3v) is 5.37. The normalized spacial score (nSPS) is 16.3. The van der Waals surface area contributed by atoms with E-state index in [4.69, 9.17) is 9.15 Å². The number of nitrogens with zero attached hydrogens (tertiary/aromatic N) is 2. The molecule has 166 valence electrons. The van der Waals surface area contributed by atoms with Crippen LogP contribution in [0.25, 0.3) is 11.0 Å². The zero-order valence-electron chi connectivity index (χ0n) is 18.0. The number of imidazole rings is 1. The number of ketones is 1. The number of anilines is 1. The number of aliphatic hydroxyl groups is 1. The summed E-state index contributed by atoms with van der Waals surface area (Å²) in [5, 5.41) is 10.8. The SMILES string of the molecule is CC(C)Oc1ccc(C2C(C(=O)c3ccco3)=C(O)C(=O)N2c2nc3ccccc3[nH]2)cc1. The van der Waals surface area contributed by atoms with Crippen LogP contribution in [0.1, 0.15) is 36.0 Å². The van der Waals surface area contributed by atoms with Gasteiger partial charge in [0, 0.05) is 0 Å². The topological polar surface area (TPSA) is 109 Å². The van der Waals surface area contributed by atoms with Crippen molar-refractivity contribution < 1.29 is 23.8 Å². The lowest BCUT2D eigenvalue weighted by Gasteiger charge is -2.24. The van der Waals surface area contributed by atoms with Crippen molar-refractivity contribution in [2.24, 2.45) is 0 Å². The van der Waals surface area contributed by atoms with Gasteiger partial charge < -0.3 is 19.2 Å². The quantitative estimate of drug-likeness (QED) is 0.417. The Morgan fingerprint density at radius 2 is 1.88 bits per heavy atom. The lowest BCUT2D eigenvalue weighted by atomic mass is 9.95. The van der Waals surface area contributed by atoms with E-state index in [1.165, 1.54) is 17.2 Å². The third-order valence-electron chi connectivity index (χ3n) is 5.37. The van der Waals surface area contributed by atoms with E-state index < -0.39 is 23.5 Å². The molecule has 0 saturated heterocycles. The monoisotopic (exact) mass is 443 g/mol. The molecule has 1 aliphatic rings. The molecule has 0 radical (unpaired) electrons. The maximum atomic E-state index is 13.3. The number of aromatic amines is 1. The predicted octanol–water partition coefficient (Wildman–Crippen LogP) is 4.73. The number of Topliss-reactive ketones (excluding diaryl/α,β-unsaturated/α-hetero) is 1. The highest BCUT2D eigenvalue weighted by atomic mass is 16.5. The first kappa shape index (κ1) is 20.6. The van der Waals surface area contributed by atoms with Gasteiger partial charge in [-0.1, -0.05) is 24.3 Å². The van der Waals surface area contributed by atoms with E-state index in [1.54, 1.807) is 30.3 Å². The van der Waals surface area contributed by atoms with Crippen molar-refractivity contribution in [2.45, 2.75) is 26.0 Å². The number of hydrogen-bond donors (Lipinski definition) is 2. The van der Waals surface area contributed by atoms with E-state index in [1.807, 2.05) is 38.1 Å². The second-order valence-electron chi connectivity index (χ2n) is 7.96. The number of aromatic nitrogens is 2. The van der Waals surface area contributed by atoms with Crippen LogP contribution < -0.4 is 9.64 Å².